The van der Waals surface area contributed by atoms with Gasteiger partial charge in [-0.05, 0) is 43.7 Å². The second-order valence-electron chi connectivity index (χ2n) is 4.77. The Labute approximate surface area is 128 Å². The Morgan fingerprint density at radius 1 is 1.23 bits per heavy atom. The van der Waals surface area contributed by atoms with Crippen LogP contribution < -0.4 is 0 Å². The van der Waals surface area contributed by atoms with E-state index in [9.17, 15) is 9.90 Å². The number of hydrogen-bond acceptors (Lipinski definition) is 3. The molecular weight excluding hydrogens is 278 g/mol. The molecule has 0 spiro atoms. The predicted molar refractivity (Wildman–Crippen MR) is 81.4 cm³/mol. The van der Waals surface area contributed by atoms with Crippen molar-refractivity contribution in [1.29, 1.82) is 10.5 Å². The lowest BCUT2D eigenvalue weighted by Gasteiger charge is -2.12. The highest BCUT2D eigenvalue weighted by Crippen LogP contribution is 2.25. The maximum absolute atomic E-state index is 11.4. The van der Waals surface area contributed by atoms with Gasteiger partial charge in [-0.3, -0.25) is 0 Å². The molecule has 1 N–H and O–H groups in total. The summed E-state index contributed by atoms with van der Waals surface area (Å²) in [5.41, 5.74) is 3.07. The quantitative estimate of drug-likeness (QED) is 0.879. The molecule has 1 heterocycles. The van der Waals surface area contributed by atoms with E-state index in [-0.39, 0.29) is 11.1 Å². The van der Waals surface area contributed by atoms with Crippen LogP contribution in [-0.4, -0.2) is 15.6 Å². The topological polar surface area (TPSA) is 89.8 Å². The number of benzene rings is 1. The van der Waals surface area contributed by atoms with Crippen LogP contribution in [0.5, 0.6) is 0 Å². The zero-order valence-electron chi connectivity index (χ0n) is 12.2. The Bertz CT molecular complexity index is 845. The van der Waals surface area contributed by atoms with Crippen molar-refractivity contribution in [3.63, 3.8) is 0 Å². The summed E-state index contributed by atoms with van der Waals surface area (Å²) in [6, 6.07) is 12.2. The molecule has 1 aromatic heterocycles. The number of carboxylic acid groups (broad SMARTS) is 1. The highest BCUT2D eigenvalue weighted by Gasteiger charge is 2.16. The largest absolute Gasteiger partial charge is 0.478 e. The van der Waals surface area contributed by atoms with Crippen molar-refractivity contribution in [1.82, 2.24) is 4.57 Å². The third kappa shape index (κ3) is 2.61. The number of nitriles is 2. The molecule has 0 amide bonds. The molecule has 0 bridgehead atoms. The van der Waals surface area contributed by atoms with Gasteiger partial charge >= 0.3 is 5.97 Å². The van der Waals surface area contributed by atoms with Gasteiger partial charge in [0.1, 0.15) is 17.7 Å². The van der Waals surface area contributed by atoms with Crippen LogP contribution >= 0.6 is 0 Å². The van der Waals surface area contributed by atoms with Crippen molar-refractivity contribution in [2.75, 3.05) is 0 Å². The van der Waals surface area contributed by atoms with Crippen LogP contribution in [0, 0.1) is 36.5 Å². The molecule has 0 saturated heterocycles. The summed E-state index contributed by atoms with van der Waals surface area (Å²) in [6.45, 7) is 3.67. The number of carbonyl (C=O) groups is 1. The van der Waals surface area contributed by atoms with E-state index in [2.05, 4.69) is 0 Å². The van der Waals surface area contributed by atoms with Gasteiger partial charge in [-0.2, -0.15) is 10.5 Å². The molecule has 5 heteroatoms. The second kappa shape index (κ2) is 5.99. The number of hydrogen-bond donors (Lipinski definition) is 1. The summed E-state index contributed by atoms with van der Waals surface area (Å²) in [4.78, 5) is 11.4. The van der Waals surface area contributed by atoms with Gasteiger partial charge < -0.3 is 9.67 Å². The first-order chi connectivity index (χ1) is 10.5. The minimum atomic E-state index is -1.00. The minimum absolute atomic E-state index is 0.00627. The van der Waals surface area contributed by atoms with E-state index < -0.39 is 5.97 Å². The van der Waals surface area contributed by atoms with E-state index in [0.29, 0.717) is 5.69 Å². The Morgan fingerprint density at radius 3 is 2.45 bits per heavy atom. The van der Waals surface area contributed by atoms with E-state index in [4.69, 9.17) is 10.5 Å². The number of allylic oxidation sites excluding steroid dienone is 1. The molecular formula is C17H13N3O2. The molecule has 0 atom stereocenters. The van der Waals surface area contributed by atoms with Gasteiger partial charge in [-0.1, -0.05) is 12.1 Å². The summed E-state index contributed by atoms with van der Waals surface area (Å²) >= 11 is 0. The fourth-order valence-electron chi connectivity index (χ4n) is 2.40. The van der Waals surface area contributed by atoms with Crippen molar-refractivity contribution in [2.45, 2.75) is 13.8 Å². The van der Waals surface area contributed by atoms with E-state index in [0.717, 1.165) is 17.0 Å². The summed E-state index contributed by atoms with van der Waals surface area (Å²) in [5.74, 6) is -1.00. The predicted octanol–water partition coefficient (Wildman–Crippen LogP) is 3.22. The van der Waals surface area contributed by atoms with Crippen molar-refractivity contribution >= 4 is 12.0 Å². The Balaban J connectivity index is 2.68. The van der Waals surface area contributed by atoms with Crippen molar-refractivity contribution < 1.29 is 9.90 Å². The van der Waals surface area contributed by atoms with Gasteiger partial charge in [-0.15, -0.1) is 0 Å². The van der Waals surface area contributed by atoms with E-state index >= 15 is 0 Å². The number of aromatic nitrogens is 1. The highest BCUT2D eigenvalue weighted by atomic mass is 16.4. The monoisotopic (exact) mass is 291 g/mol. The third-order valence-electron chi connectivity index (χ3n) is 3.39. The second-order valence-corrected chi connectivity index (χ2v) is 4.77. The fourth-order valence-corrected chi connectivity index (χ4v) is 2.40. The average Bonchev–Trinajstić information content (AvgIpc) is 2.78. The first-order valence-corrected chi connectivity index (χ1v) is 6.53. The van der Waals surface area contributed by atoms with Crippen LogP contribution in [0.4, 0.5) is 0 Å². The Morgan fingerprint density at radius 2 is 1.86 bits per heavy atom. The summed E-state index contributed by atoms with van der Waals surface area (Å²) in [6.07, 6.45) is 1.50. The van der Waals surface area contributed by atoms with Gasteiger partial charge in [-0.25, -0.2) is 4.79 Å². The van der Waals surface area contributed by atoms with E-state index in [1.54, 1.807) is 24.3 Å². The molecule has 2 aromatic rings. The molecule has 0 radical (unpaired) electrons. The van der Waals surface area contributed by atoms with Gasteiger partial charge in [0.2, 0.25) is 0 Å². The lowest BCUT2D eigenvalue weighted by Crippen LogP contribution is -2.07. The summed E-state index contributed by atoms with van der Waals surface area (Å²) in [5, 5.41) is 27.1. The van der Waals surface area contributed by atoms with Crippen LogP contribution in [0.1, 0.15) is 27.3 Å². The Kier molecular flexibility index (Phi) is 4.11. The van der Waals surface area contributed by atoms with E-state index in [1.807, 2.05) is 36.6 Å². The van der Waals surface area contributed by atoms with Gasteiger partial charge in [0.25, 0.3) is 0 Å². The van der Waals surface area contributed by atoms with Crippen LogP contribution in [-0.2, 0) is 0 Å². The average molecular weight is 291 g/mol. The molecule has 5 nitrogen and oxygen atoms in total. The lowest BCUT2D eigenvalue weighted by molar-refractivity contribution is 0.0697. The minimum Gasteiger partial charge on any atom is -0.478 e. The number of nitrogens with zero attached hydrogens (tertiary/aromatic N) is 3. The van der Waals surface area contributed by atoms with Gasteiger partial charge in [0, 0.05) is 11.4 Å². The molecule has 0 aliphatic rings. The van der Waals surface area contributed by atoms with Crippen molar-refractivity contribution in [2.24, 2.45) is 0 Å². The van der Waals surface area contributed by atoms with Crippen molar-refractivity contribution in [3.05, 3.63) is 58.4 Å². The number of para-hydroxylation sites is 1. The first-order valence-electron chi connectivity index (χ1n) is 6.53. The highest BCUT2D eigenvalue weighted by molar-refractivity contribution is 5.92. The van der Waals surface area contributed by atoms with Gasteiger partial charge in [0.15, 0.2) is 0 Å². The molecule has 1 aromatic carbocycles. The molecule has 0 fully saturated rings. The maximum atomic E-state index is 11.4. The van der Waals surface area contributed by atoms with Gasteiger partial charge in [0.05, 0.1) is 11.3 Å². The lowest BCUT2D eigenvalue weighted by atomic mass is 10.1. The third-order valence-corrected chi connectivity index (χ3v) is 3.39. The zero-order chi connectivity index (χ0) is 16.3. The first kappa shape index (κ1) is 15.1. The standard InChI is InChI=1S/C17H13N3O2/c1-11-7-14(8-13(9-18)10-19)12(2)20(11)16-6-4-3-5-15(16)17(21)22/h3-8H,1-2H3,(H,21,22). The molecule has 22 heavy (non-hydrogen) atoms. The number of rotatable bonds is 3. The number of aryl methyl sites for hydroxylation is 1. The molecule has 108 valence electrons. The number of carboxylic acids is 1. The molecule has 0 unspecified atom stereocenters. The molecule has 2 rings (SSSR count). The smallest absolute Gasteiger partial charge is 0.337 e. The fraction of sp³-hybridized carbons (Fsp3) is 0.118. The normalized spacial score (nSPS) is 9.64. The van der Waals surface area contributed by atoms with Crippen LogP contribution in [0.3, 0.4) is 0 Å². The Hall–Kier alpha value is -3.31. The van der Waals surface area contributed by atoms with Crippen LogP contribution in [0.2, 0.25) is 0 Å². The SMILES string of the molecule is Cc1cc(C=C(C#N)C#N)c(C)n1-c1ccccc1C(=O)O. The van der Waals surface area contributed by atoms with Crippen LogP contribution in [0.25, 0.3) is 11.8 Å². The summed E-state index contributed by atoms with van der Waals surface area (Å²) < 4.78 is 1.81. The molecule has 0 saturated carbocycles. The zero-order valence-corrected chi connectivity index (χ0v) is 12.2. The number of aromatic carboxylic acids is 1. The maximum Gasteiger partial charge on any atom is 0.337 e. The summed E-state index contributed by atoms with van der Waals surface area (Å²) in [7, 11) is 0. The van der Waals surface area contributed by atoms with Crippen molar-refractivity contribution in [3.8, 4) is 17.8 Å². The molecule has 0 aliphatic heterocycles. The van der Waals surface area contributed by atoms with E-state index in [1.165, 1.54) is 6.08 Å². The molecule has 0 aliphatic carbocycles. The van der Waals surface area contributed by atoms with Crippen LogP contribution in [0.15, 0.2) is 35.9 Å².